The van der Waals surface area contributed by atoms with Crippen LogP contribution in [0.2, 0.25) is 0 Å². The number of nitrogens with zero attached hydrogens (tertiary/aromatic N) is 3. The molecule has 2 aromatic carbocycles. The maximum Gasteiger partial charge on any atom is 0.159 e. The van der Waals surface area contributed by atoms with Crippen LogP contribution in [-0.2, 0) is 0 Å². The van der Waals surface area contributed by atoms with Gasteiger partial charge in [0.2, 0.25) is 0 Å². The highest BCUT2D eigenvalue weighted by Crippen LogP contribution is 2.47. The first kappa shape index (κ1) is 17.9. The second kappa shape index (κ2) is 6.14. The molecule has 5 rings (SSSR count). The molecule has 0 radical (unpaired) electrons. The first-order chi connectivity index (χ1) is 13.9. The van der Waals surface area contributed by atoms with Gasteiger partial charge in [-0.05, 0) is 57.0 Å². The Hall–Kier alpha value is -3.21. The molecular weight excluding hydrogens is 362 g/mol. The van der Waals surface area contributed by atoms with Gasteiger partial charge in [-0.1, -0.05) is 12.1 Å². The van der Waals surface area contributed by atoms with Gasteiger partial charge in [0.25, 0.3) is 0 Å². The third-order valence-corrected chi connectivity index (χ3v) is 6.13. The minimum Gasteiger partial charge on any atom is -0.496 e. The average Bonchev–Trinajstić information content (AvgIpc) is 3.18. The molecule has 0 amide bonds. The zero-order valence-corrected chi connectivity index (χ0v) is 17.7. The predicted octanol–water partition coefficient (Wildman–Crippen LogP) is 5.85. The van der Waals surface area contributed by atoms with Crippen molar-refractivity contribution in [3.05, 3.63) is 53.1 Å². The maximum atomic E-state index is 6.18. The number of hydrogen-bond donors (Lipinski definition) is 0. The SMILES string of the molecule is COc1cc(C)cc(N2c3nc4c(cc3N(C)[C@@H]2C)oc2c(C)cccc24)c1C. The highest BCUT2D eigenvalue weighted by molar-refractivity contribution is 6.06. The van der Waals surface area contributed by atoms with E-state index in [0.29, 0.717) is 0 Å². The van der Waals surface area contributed by atoms with E-state index in [9.17, 15) is 0 Å². The third-order valence-electron chi connectivity index (χ3n) is 6.13. The Labute approximate surface area is 170 Å². The van der Waals surface area contributed by atoms with E-state index in [1.54, 1.807) is 7.11 Å². The number of para-hydroxylation sites is 1. The van der Waals surface area contributed by atoms with Crippen molar-refractivity contribution in [3.63, 3.8) is 0 Å². The first-order valence-electron chi connectivity index (χ1n) is 9.91. The molecular formula is C24H25N3O2. The molecule has 148 valence electrons. The molecule has 0 bridgehead atoms. The van der Waals surface area contributed by atoms with Crippen molar-refractivity contribution in [1.29, 1.82) is 0 Å². The van der Waals surface area contributed by atoms with Gasteiger partial charge in [0.1, 0.15) is 23.0 Å². The van der Waals surface area contributed by atoms with Gasteiger partial charge in [-0.15, -0.1) is 0 Å². The van der Waals surface area contributed by atoms with E-state index in [4.69, 9.17) is 14.1 Å². The van der Waals surface area contributed by atoms with Gasteiger partial charge in [-0.3, -0.25) is 0 Å². The van der Waals surface area contributed by atoms with Crippen molar-refractivity contribution in [3.8, 4) is 5.75 Å². The van der Waals surface area contributed by atoms with Crippen LogP contribution in [-0.4, -0.2) is 25.3 Å². The zero-order chi connectivity index (χ0) is 20.4. The van der Waals surface area contributed by atoms with Crippen molar-refractivity contribution < 1.29 is 9.15 Å². The number of ether oxygens (including phenoxy) is 1. The van der Waals surface area contributed by atoms with Crippen molar-refractivity contribution in [1.82, 2.24) is 4.98 Å². The fourth-order valence-electron chi connectivity index (χ4n) is 4.40. The van der Waals surface area contributed by atoms with Crippen LogP contribution in [0.25, 0.3) is 22.1 Å². The van der Waals surface area contributed by atoms with Crippen molar-refractivity contribution >= 4 is 39.3 Å². The Morgan fingerprint density at radius 2 is 1.86 bits per heavy atom. The topological polar surface area (TPSA) is 41.7 Å². The molecule has 0 fully saturated rings. The van der Waals surface area contributed by atoms with Crippen LogP contribution in [0.1, 0.15) is 23.6 Å². The normalized spacial score (nSPS) is 16.1. The summed E-state index contributed by atoms with van der Waals surface area (Å²) in [5.41, 5.74) is 8.24. The summed E-state index contributed by atoms with van der Waals surface area (Å²) in [6.45, 7) is 8.47. The van der Waals surface area contributed by atoms with Crippen molar-refractivity contribution in [2.45, 2.75) is 33.9 Å². The number of benzene rings is 2. The predicted molar refractivity (Wildman–Crippen MR) is 119 cm³/mol. The van der Waals surface area contributed by atoms with Crippen LogP contribution in [0, 0.1) is 20.8 Å². The number of pyridine rings is 1. The number of anilines is 3. The van der Waals surface area contributed by atoms with Crippen molar-refractivity contribution in [2.75, 3.05) is 24.0 Å². The second-order valence-electron chi connectivity index (χ2n) is 7.96. The number of fused-ring (bicyclic) bond motifs is 4. The summed E-state index contributed by atoms with van der Waals surface area (Å²) in [6.07, 6.45) is 0.127. The van der Waals surface area contributed by atoms with E-state index in [2.05, 4.69) is 80.9 Å². The summed E-state index contributed by atoms with van der Waals surface area (Å²) < 4.78 is 11.8. The summed E-state index contributed by atoms with van der Waals surface area (Å²) in [7, 11) is 3.83. The van der Waals surface area contributed by atoms with Crippen LogP contribution in [0.15, 0.2) is 40.8 Å². The maximum absolute atomic E-state index is 6.18. The highest BCUT2D eigenvalue weighted by Gasteiger charge is 2.35. The van der Waals surface area contributed by atoms with Crippen LogP contribution in [0.5, 0.6) is 5.75 Å². The minimum absolute atomic E-state index is 0.127. The molecule has 0 N–H and O–H groups in total. The number of aryl methyl sites for hydroxylation is 2. The lowest BCUT2D eigenvalue weighted by atomic mass is 10.1. The van der Waals surface area contributed by atoms with Crippen LogP contribution < -0.4 is 14.5 Å². The molecule has 3 heterocycles. The van der Waals surface area contributed by atoms with Gasteiger partial charge >= 0.3 is 0 Å². The Morgan fingerprint density at radius 3 is 2.62 bits per heavy atom. The van der Waals surface area contributed by atoms with Gasteiger partial charge in [0.15, 0.2) is 11.4 Å². The largest absolute Gasteiger partial charge is 0.496 e. The number of aromatic nitrogens is 1. The molecule has 0 saturated carbocycles. The van der Waals surface area contributed by atoms with Gasteiger partial charge in [-0.25, -0.2) is 4.98 Å². The highest BCUT2D eigenvalue weighted by atomic mass is 16.5. The molecule has 29 heavy (non-hydrogen) atoms. The van der Waals surface area contributed by atoms with Gasteiger partial charge < -0.3 is 19.0 Å². The Kier molecular flexibility index (Phi) is 3.78. The molecule has 0 spiro atoms. The van der Waals surface area contributed by atoms with Crippen molar-refractivity contribution in [2.24, 2.45) is 0 Å². The van der Waals surface area contributed by atoms with Crippen LogP contribution in [0.3, 0.4) is 0 Å². The number of rotatable bonds is 2. The second-order valence-corrected chi connectivity index (χ2v) is 7.96. The Balaban J connectivity index is 1.79. The third kappa shape index (κ3) is 2.43. The lowest BCUT2D eigenvalue weighted by Gasteiger charge is -2.29. The molecule has 0 aliphatic carbocycles. The molecule has 5 nitrogen and oxygen atoms in total. The van der Waals surface area contributed by atoms with Gasteiger partial charge in [0, 0.05) is 24.1 Å². The lowest BCUT2D eigenvalue weighted by molar-refractivity contribution is 0.411. The molecule has 1 atom stereocenters. The number of methoxy groups -OCH3 is 1. The molecule has 0 unspecified atom stereocenters. The summed E-state index contributed by atoms with van der Waals surface area (Å²) in [6, 6.07) is 12.6. The van der Waals surface area contributed by atoms with E-state index >= 15 is 0 Å². The zero-order valence-electron chi connectivity index (χ0n) is 17.7. The average molecular weight is 387 g/mol. The Morgan fingerprint density at radius 1 is 1.07 bits per heavy atom. The van der Waals surface area contributed by atoms with E-state index in [1.807, 2.05) is 0 Å². The summed E-state index contributed by atoms with van der Waals surface area (Å²) in [5.74, 6) is 1.85. The standard InChI is InChI=1S/C24H25N3O2/c1-13-10-18(15(3)20(11-13)28-6)27-16(4)26(5)19-12-21-22(25-24(19)27)17-9-7-8-14(2)23(17)29-21/h7-12,16H,1-6H3/t16-/m0/s1. The lowest BCUT2D eigenvalue weighted by Crippen LogP contribution is -2.36. The fourth-order valence-corrected chi connectivity index (χ4v) is 4.40. The molecule has 5 heteroatoms. The summed E-state index contributed by atoms with van der Waals surface area (Å²) in [4.78, 5) is 9.67. The van der Waals surface area contributed by atoms with E-state index in [1.165, 1.54) is 0 Å². The molecule has 1 aliphatic rings. The fraction of sp³-hybridized carbons (Fsp3) is 0.292. The molecule has 4 aromatic rings. The molecule has 0 saturated heterocycles. The van der Waals surface area contributed by atoms with Crippen LogP contribution in [0.4, 0.5) is 17.2 Å². The monoisotopic (exact) mass is 387 g/mol. The van der Waals surface area contributed by atoms with Gasteiger partial charge in [-0.2, -0.15) is 0 Å². The smallest absolute Gasteiger partial charge is 0.159 e. The summed E-state index contributed by atoms with van der Waals surface area (Å²) >= 11 is 0. The molecule has 1 aliphatic heterocycles. The van der Waals surface area contributed by atoms with Crippen LogP contribution >= 0.6 is 0 Å². The van der Waals surface area contributed by atoms with E-state index < -0.39 is 0 Å². The first-order valence-corrected chi connectivity index (χ1v) is 9.91. The number of furan rings is 1. The molecule has 2 aromatic heterocycles. The number of hydrogen-bond acceptors (Lipinski definition) is 5. The van der Waals surface area contributed by atoms with E-state index in [0.717, 1.165) is 61.7 Å². The summed E-state index contributed by atoms with van der Waals surface area (Å²) in [5, 5.41) is 1.06. The minimum atomic E-state index is 0.127. The van der Waals surface area contributed by atoms with Gasteiger partial charge in [0.05, 0.1) is 18.5 Å². The van der Waals surface area contributed by atoms with E-state index in [-0.39, 0.29) is 6.17 Å². The quantitative estimate of drug-likeness (QED) is 0.432. The Bertz CT molecular complexity index is 1270.